The highest BCUT2D eigenvalue weighted by molar-refractivity contribution is 5.96. The van der Waals surface area contributed by atoms with Gasteiger partial charge in [0, 0.05) is 26.0 Å². The second-order valence-electron chi connectivity index (χ2n) is 4.92. The number of aromatic nitrogens is 1. The smallest absolute Gasteiger partial charge is 0.256 e. The van der Waals surface area contributed by atoms with Gasteiger partial charge in [0.2, 0.25) is 5.88 Å². The summed E-state index contributed by atoms with van der Waals surface area (Å²) >= 11 is 0. The Bertz CT molecular complexity index is 433. The topological polar surface area (TPSA) is 60.5 Å². The molecule has 1 aromatic heterocycles. The van der Waals surface area contributed by atoms with E-state index in [-0.39, 0.29) is 5.91 Å². The summed E-state index contributed by atoms with van der Waals surface area (Å²) < 4.78 is 10.9. The summed E-state index contributed by atoms with van der Waals surface area (Å²) in [6, 6.07) is 3.45. The molecule has 0 bridgehead atoms. The molecule has 0 saturated heterocycles. The van der Waals surface area contributed by atoms with Crippen LogP contribution in [0, 0.1) is 5.92 Å². The van der Waals surface area contributed by atoms with Crippen molar-refractivity contribution in [3.05, 3.63) is 23.9 Å². The molecule has 1 aliphatic rings. The molecule has 1 fully saturated rings. The highest BCUT2D eigenvalue weighted by atomic mass is 16.5. The number of nitrogens with zero attached hydrogens (tertiary/aromatic N) is 1. The zero-order chi connectivity index (χ0) is 14.2. The van der Waals surface area contributed by atoms with Crippen molar-refractivity contribution in [3.63, 3.8) is 0 Å². The molecule has 5 nitrogen and oxygen atoms in total. The molecule has 0 radical (unpaired) electrons. The maximum Gasteiger partial charge on any atom is 0.256 e. The van der Waals surface area contributed by atoms with Crippen LogP contribution >= 0.6 is 0 Å². The average molecular weight is 278 g/mol. The molecule has 5 heteroatoms. The Hall–Kier alpha value is -1.62. The van der Waals surface area contributed by atoms with Gasteiger partial charge in [0.15, 0.2) is 0 Å². The molecule has 2 rings (SSSR count). The maximum absolute atomic E-state index is 12.0. The third-order valence-electron chi connectivity index (χ3n) is 3.10. The Labute approximate surface area is 119 Å². The summed E-state index contributed by atoms with van der Waals surface area (Å²) in [6.07, 6.45) is 5.05. The fourth-order valence-electron chi connectivity index (χ4n) is 1.82. The second-order valence-corrected chi connectivity index (χ2v) is 4.92. The van der Waals surface area contributed by atoms with Gasteiger partial charge in [0.25, 0.3) is 5.91 Å². The van der Waals surface area contributed by atoms with Crippen LogP contribution in [0.4, 0.5) is 0 Å². The lowest BCUT2D eigenvalue weighted by Crippen LogP contribution is -2.26. The van der Waals surface area contributed by atoms with Gasteiger partial charge >= 0.3 is 0 Å². The highest BCUT2D eigenvalue weighted by Gasteiger charge is 2.20. The monoisotopic (exact) mass is 278 g/mol. The minimum Gasteiger partial charge on any atom is -0.477 e. The standard InChI is InChI=1S/C15H22N2O3/c1-2-20-15-13(5-3-8-17-15)14(18)16-9-4-10-19-11-12-6-7-12/h3,5,8,12H,2,4,6-7,9-11H2,1H3,(H,16,18). The van der Waals surface area contributed by atoms with E-state index in [0.29, 0.717) is 31.2 Å². The minimum absolute atomic E-state index is 0.149. The molecule has 110 valence electrons. The van der Waals surface area contributed by atoms with Gasteiger partial charge in [-0.15, -0.1) is 0 Å². The number of ether oxygens (including phenoxy) is 2. The third-order valence-corrected chi connectivity index (χ3v) is 3.10. The van der Waals surface area contributed by atoms with Crippen LogP contribution in [-0.4, -0.2) is 37.3 Å². The zero-order valence-electron chi connectivity index (χ0n) is 11.9. The molecule has 0 aromatic carbocycles. The maximum atomic E-state index is 12.0. The van der Waals surface area contributed by atoms with Gasteiger partial charge in [0.1, 0.15) is 5.56 Å². The second kappa shape index (κ2) is 7.85. The zero-order valence-corrected chi connectivity index (χ0v) is 11.9. The van der Waals surface area contributed by atoms with E-state index in [1.165, 1.54) is 12.8 Å². The number of rotatable bonds is 9. The van der Waals surface area contributed by atoms with Crippen molar-refractivity contribution in [1.82, 2.24) is 10.3 Å². The van der Waals surface area contributed by atoms with Crippen molar-refractivity contribution in [1.29, 1.82) is 0 Å². The van der Waals surface area contributed by atoms with Crippen LogP contribution in [0.5, 0.6) is 5.88 Å². The molecule has 1 saturated carbocycles. The normalized spacial score (nSPS) is 14.1. The van der Waals surface area contributed by atoms with E-state index in [1.54, 1.807) is 18.3 Å². The van der Waals surface area contributed by atoms with Crippen molar-refractivity contribution in [3.8, 4) is 5.88 Å². The van der Waals surface area contributed by atoms with Gasteiger partial charge in [-0.2, -0.15) is 0 Å². The van der Waals surface area contributed by atoms with Crippen molar-refractivity contribution in [2.45, 2.75) is 26.2 Å². The number of hydrogen-bond acceptors (Lipinski definition) is 4. The molecule has 1 aliphatic carbocycles. The average Bonchev–Trinajstić information content (AvgIpc) is 3.27. The first-order chi connectivity index (χ1) is 9.81. The lowest BCUT2D eigenvalue weighted by atomic mass is 10.2. The van der Waals surface area contributed by atoms with E-state index >= 15 is 0 Å². The summed E-state index contributed by atoms with van der Waals surface area (Å²) in [5.41, 5.74) is 0.480. The summed E-state index contributed by atoms with van der Waals surface area (Å²) in [4.78, 5) is 16.1. The Morgan fingerprint density at radius 3 is 3.10 bits per heavy atom. The van der Waals surface area contributed by atoms with Crippen molar-refractivity contribution >= 4 is 5.91 Å². The van der Waals surface area contributed by atoms with Gasteiger partial charge in [-0.1, -0.05) is 0 Å². The SMILES string of the molecule is CCOc1ncccc1C(=O)NCCCOCC1CC1. The molecular weight excluding hydrogens is 256 g/mol. The number of carbonyl (C=O) groups excluding carboxylic acids is 1. The van der Waals surface area contributed by atoms with E-state index < -0.39 is 0 Å². The predicted molar refractivity (Wildman–Crippen MR) is 75.9 cm³/mol. The molecular formula is C15H22N2O3. The Morgan fingerprint density at radius 1 is 1.50 bits per heavy atom. The Morgan fingerprint density at radius 2 is 2.35 bits per heavy atom. The predicted octanol–water partition coefficient (Wildman–Crippen LogP) is 2.03. The van der Waals surface area contributed by atoms with Gasteiger partial charge < -0.3 is 14.8 Å². The lowest BCUT2D eigenvalue weighted by Gasteiger charge is -2.09. The quantitative estimate of drug-likeness (QED) is 0.702. The summed E-state index contributed by atoms with van der Waals surface area (Å²) in [5, 5.41) is 2.86. The Balaban J connectivity index is 1.67. The van der Waals surface area contributed by atoms with E-state index in [9.17, 15) is 4.79 Å². The van der Waals surface area contributed by atoms with Crippen LogP contribution in [0.15, 0.2) is 18.3 Å². The molecule has 0 aliphatic heterocycles. The largest absolute Gasteiger partial charge is 0.477 e. The molecule has 20 heavy (non-hydrogen) atoms. The van der Waals surface area contributed by atoms with E-state index in [2.05, 4.69) is 10.3 Å². The van der Waals surface area contributed by atoms with E-state index in [1.807, 2.05) is 6.92 Å². The molecule has 1 aromatic rings. The van der Waals surface area contributed by atoms with E-state index in [4.69, 9.17) is 9.47 Å². The van der Waals surface area contributed by atoms with Gasteiger partial charge in [-0.3, -0.25) is 4.79 Å². The summed E-state index contributed by atoms with van der Waals surface area (Å²) in [6.45, 7) is 4.52. The summed E-state index contributed by atoms with van der Waals surface area (Å²) in [7, 11) is 0. The fourth-order valence-corrected chi connectivity index (χ4v) is 1.82. The number of hydrogen-bond donors (Lipinski definition) is 1. The molecule has 1 amide bonds. The van der Waals surface area contributed by atoms with Crippen molar-refractivity contribution < 1.29 is 14.3 Å². The van der Waals surface area contributed by atoms with Crippen LogP contribution < -0.4 is 10.1 Å². The van der Waals surface area contributed by atoms with Crippen LogP contribution in [0.1, 0.15) is 36.5 Å². The molecule has 0 atom stereocenters. The first-order valence-electron chi connectivity index (χ1n) is 7.25. The fraction of sp³-hybridized carbons (Fsp3) is 0.600. The minimum atomic E-state index is -0.149. The highest BCUT2D eigenvalue weighted by Crippen LogP contribution is 2.28. The molecule has 1 heterocycles. The number of pyridine rings is 1. The van der Waals surface area contributed by atoms with Crippen molar-refractivity contribution in [2.75, 3.05) is 26.4 Å². The van der Waals surface area contributed by atoms with Crippen LogP contribution in [-0.2, 0) is 4.74 Å². The number of amides is 1. The van der Waals surface area contributed by atoms with Crippen LogP contribution in [0.2, 0.25) is 0 Å². The first-order valence-corrected chi connectivity index (χ1v) is 7.25. The van der Waals surface area contributed by atoms with Gasteiger partial charge in [-0.05, 0) is 44.2 Å². The van der Waals surface area contributed by atoms with Crippen LogP contribution in [0.25, 0.3) is 0 Å². The van der Waals surface area contributed by atoms with Gasteiger partial charge in [0.05, 0.1) is 6.61 Å². The number of nitrogens with one attached hydrogen (secondary N) is 1. The molecule has 0 spiro atoms. The summed E-state index contributed by atoms with van der Waals surface area (Å²) in [5.74, 6) is 1.02. The lowest BCUT2D eigenvalue weighted by molar-refractivity contribution is 0.0933. The van der Waals surface area contributed by atoms with Crippen molar-refractivity contribution in [2.24, 2.45) is 5.92 Å². The Kier molecular flexibility index (Phi) is 5.80. The van der Waals surface area contributed by atoms with Crippen LogP contribution in [0.3, 0.4) is 0 Å². The third kappa shape index (κ3) is 4.81. The molecule has 1 N–H and O–H groups in total. The van der Waals surface area contributed by atoms with E-state index in [0.717, 1.165) is 18.9 Å². The first kappa shape index (κ1) is 14.8. The van der Waals surface area contributed by atoms with Gasteiger partial charge in [-0.25, -0.2) is 4.98 Å². The molecule has 0 unspecified atom stereocenters. The number of carbonyl (C=O) groups is 1.